The van der Waals surface area contributed by atoms with Crippen LogP contribution in [0, 0.1) is 6.92 Å². The summed E-state index contributed by atoms with van der Waals surface area (Å²) in [6.45, 7) is 1.87. The predicted octanol–water partition coefficient (Wildman–Crippen LogP) is 2.85. The van der Waals surface area contributed by atoms with Crippen LogP contribution < -0.4 is 10.5 Å². The first kappa shape index (κ1) is 13.2. The highest BCUT2D eigenvalue weighted by atomic mass is 32.1. The molecule has 0 unspecified atom stereocenters. The van der Waals surface area contributed by atoms with Crippen LogP contribution in [0.5, 0.6) is 5.75 Å². The maximum absolute atomic E-state index is 12.0. The molecule has 0 radical (unpaired) electrons. The van der Waals surface area contributed by atoms with Crippen LogP contribution in [0.4, 0.5) is 0 Å². The largest absolute Gasteiger partial charge is 0.423 e. The SMILES string of the molecule is Cc1ccccc1C(=O)Oc1ccc(C(N)=S)cc1. The van der Waals surface area contributed by atoms with E-state index in [-0.39, 0.29) is 5.97 Å². The lowest BCUT2D eigenvalue weighted by atomic mass is 10.1. The number of carbonyl (C=O) groups excluding carboxylic acids is 1. The maximum atomic E-state index is 12.0. The quantitative estimate of drug-likeness (QED) is 0.530. The molecule has 2 N–H and O–H groups in total. The highest BCUT2D eigenvalue weighted by Gasteiger charge is 2.10. The van der Waals surface area contributed by atoms with Crippen molar-refractivity contribution >= 4 is 23.2 Å². The first-order chi connectivity index (χ1) is 9.08. The van der Waals surface area contributed by atoms with Crippen molar-refractivity contribution in [2.75, 3.05) is 0 Å². The molecule has 0 aliphatic carbocycles. The number of aryl methyl sites for hydroxylation is 1. The summed E-state index contributed by atoms with van der Waals surface area (Å²) in [5, 5.41) is 0. The fourth-order valence-corrected chi connectivity index (χ4v) is 1.79. The van der Waals surface area contributed by atoms with Crippen LogP contribution in [0.25, 0.3) is 0 Å². The Hall–Kier alpha value is -2.20. The van der Waals surface area contributed by atoms with E-state index in [1.807, 2.05) is 19.1 Å². The van der Waals surface area contributed by atoms with E-state index in [9.17, 15) is 4.79 Å². The molecule has 2 rings (SSSR count). The topological polar surface area (TPSA) is 52.3 Å². The van der Waals surface area contributed by atoms with Gasteiger partial charge in [-0.1, -0.05) is 30.4 Å². The molecule has 0 saturated heterocycles. The summed E-state index contributed by atoms with van der Waals surface area (Å²) < 4.78 is 5.29. The number of hydrogen-bond donors (Lipinski definition) is 1. The van der Waals surface area contributed by atoms with E-state index in [2.05, 4.69) is 0 Å². The Kier molecular flexibility index (Phi) is 3.92. The van der Waals surface area contributed by atoms with Gasteiger partial charge in [-0.05, 0) is 42.8 Å². The number of ether oxygens (including phenoxy) is 1. The summed E-state index contributed by atoms with van der Waals surface area (Å²) in [6, 6.07) is 14.1. The zero-order chi connectivity index (χ0) is 13.8. The number of nitrogens with two attached hydrogens (primary N) is 1. The number of esters is 1. The van der Waals surface area contributed by atoms with Crippen LogP contribution in [0.2, 0.25) is 0 Å². The van der Waals surface area contributed by atoms with Gasteiger partial charge in [0.05, 0.1) is 5.56 Å². The molecule has 0 amide bonds. The van der Waals surface area contributed by atoms with Crippen LogP contribution in [0.1, 0.15) is 21.5 Å². The number of carbonyl (C=O) groups is 1. The van der Waals surface area contributed by atoms with Gasteiger partial charge < -0.3 is 10.5 Å². The average Bonchev–Trinajstić information content (AvgIpc) is 2.39. The van der Waals surface area contributed by atoms with Gasteiger partial charge in [-0.25, -0.2) is 4.79 Å². The van der Waals surface area contributed by atoms with Crippen LogP contribution in [-0.4, -0.2) is 11.0 Å². The van der Waals surface area contributed by atoms with Crippen molar-refractivity contribution < 1.29 is 9.53 Å². The van der Waals surface area contributed by atoms with E-state index in [1.165, 1.54) is 0 Å². The molecule has 0 atom stereocenters. The van der Waals surface area contributed by atoms with E-state index in [4.69, 9.17) is 22.7 Å². The molecule has 96 valence electrons. The summed E-state index contributed by atoms with van der Waals surface area (Å²) >= 11 is 4.86. The van der Waals surface area contributed by atoms with Gasteiger partial charge in [0.1, 0.15) is 10.7 Å². The van der Waals surface area contributed by atoms with E-state index in [0.717, 1.165) is 11.1 Å². The van der Waals surface area contributed by atoms with Gasteiger partial charge in [0.2, 0.25) is 0 Å². The van der Waals surface area contributed by atoms with Crippen molar-refractivity contribution in [3.8, 4) is 5.75 Å². The fourth-order valence-electron chi connectivity index (χ4n) is 1.65. The Morgan fingerprint density at radius 3 is 2.32 bits per heavy atom. The van der Waals surface area contributed by atoms with Crippen LogP contribution in [0.3, 0.4) is 0 Å². The van der Waals surface area contributed by atoms with E-state index in [1.54, 1.807) is 36.4 Å². The fraction of sp³-hybridized carbons (Fsp3) is 0.0667. The highest BCUT2D eigenvalue weighted by Crippen LogP contribution is 2.15. The monoisotopic (exact) mass is 271 g/mol. The van der Waals surface area contributed by atoms with Gasteiger partial charge in [0.15, 0.2) is 0 Å². The smallest absolute Gasteiger partial charge is 0.343 e. The minimum absolute atomic E-state index is 0.316. The highest BCUT2D eigenvalue weighted by molar-refractivity contribution is 7.80. The standard InChI is InChI=1S/C15H13NO2S/c1-10-4-2-3-5-13(10)15(17)18-12-8-6-11(7-9-12)14(16)19/h2-9H,1H3,(H2,16,19). The molecule has 0 bridgehead atoms. The van der Waals surface area contributed by atoms with Crippen molar-refractivity contribution in [2.45, 2.75) is 6.92 Å². The Morgan fingerprint density at radius 1 is 1.11 bits per heavy atom. The average molecular weight is 271 g/mol. The summed E-state index contributed by atoms with van der Waals surface area (Å²) in [4.78, 5) is 12.3. The lowest BCUT2D eigenvalue weighted by Crippen LogP contribution is -2.11. The lowest BCUT2D eigenvalue weighted by molar-refractivity contribution is 0.0734. The molecule has 0 spiro atoms. The molecular weight excluding hydrogens is 258 g/mol. The molecule has 0 aliphatic rings. The van der Waals surface area contributed by atoms with Gasteiger partial charge >= 0.3 is 5.97 Å². The second-order valence-electron chi connectivity index (χ2n) is 4.09. The molecule has 0 fully saturated rings. The second kappa shape index (κ2) is 5.63. The van der Waals surface area contributed by atoms with Gasteiger partial charge in [-0.3, -0.25) is 0 Å². The van der Waals surface area contributed by atoms with Crippen LogP contribution in [-0.2, 0) is 0 Å². The Bertz CT molecular complexity index is 620. The van der Waals surface area contributed by atoms with Crippen LogP contribution in [0.15, 0.2) is 48.5 Å². The molecule has 3 nitrogen and oxygen atoms in total. The van der Waals surface area contributed by atoms with E-state index in [0.29, 0.717) is 16.3 Å². The number of benzene rings is 2. The third kappa shape index (κ3) is 3.17. The minimum Gasteiger partial charge on any atom is -0.423 e. The lowest BCUT2D eigenvalue weighted by Gasteiger charge is -2.07. The number of rotatable bonds is 3. The summed E-state index contributed by atoms with van der Waals surface area (Å²) in [5.41, 5.74) is 7.68. The van der Waals surface area contributed by atoms with E-state index >= 15 is 0 Å². The predicted molar refractivity (Wildman–Crippen MR) is 78.5 cm³/mol. The van der Waals surface area contributed by atoms with Crippen molar-refractivity contribution in [3.63, 3.8) is 0 Å². The molecule has 4 heteroatoms. The third-order valence-electron chi connectivity index (χ3n) is 2.71. The molecule has 0 aromatic heterocycles. The number of thiocarbonyl (C=S) groups is 1. The normalized spacial score (nSPS) is 9.95. The zero-order valence-corrected chi connectivity index (χ0v) is 11.2. The molecule has 19 heavy (non-hydrogen) atoms. The molecule has 0 heterocycles. The van der Waals surface area contributed by atoms with Crippen LogP contribution >= 0.6 is 12.2 Å². The van der Waals surface area contributed by atoms with Gasteiger partial charge in [-0.2, -0.15) is 0 Å². The summed E-state index contributed by atoms with van der Waals surface area (Å²) in [5.74, 6) is 0.0921. The van der Waals surface area contributed by atoms with Gasteiger partial charge in [0, 0.05) is 5.56 Å². The Labute approximate surface area is 117 Å². The first-order valence-electron chi connectivity index (χ1n) is 5.75. The van der Waals surface area contributed by atoms with E-state index < -0.39 is 0 Å². The van der Waals surface area contributed by atoms with Crippen molar-refractivity contribution in [1.82, 2.24) is 0 Å². The summed E-state index contributed by atoms with van der Waals surface area (Å²) in [6.07, 6.45) is 0. The van der Waals surface area contributed by atoms with Gasteiger partial charge in [0.25, 0.3) is 0 Å². The molecule has 0 aliphatic heterocycles. The maximum Gasteiger partial charge on any atom is 0.343 e. The molecule has 0 saturated carbocycles. The summed E-state index contributed by atoms with van der Waals surface area (Å²) in [7, 11) is 0. The Morgan fingerprint density at radius 2 is 1.74 bits per heavy atom. The minimum atomic E-state index is -0.374. The third-order valence-corrected chi connectivity index (χ3v) is 2.95. The molecule has 2 aromatic rings. The Balaban J connectivity index is 2.15. The zero-order valence-electron chi connectivity index (χ0n) is 10.4. The molecular formula is C15H13NO2S. The second-order valence-corrected chi connectivity index (χ2v) is 4.53. The van der Waals surface area contributed by atoms with Crippen molar-refractivity contribution in [3.05, 3.63) is 65.2 Å². The number of hydrogen-bond acceptors (Lipinski definition) is 3. The first-order valence-corrected chi connectivity index (χ1v) is 6.16. The van der Waals surface area contributed by atoms with Crippen molar-refractivity contribution in [2.24, 2.45) is 5.73 Å². The van der Waals surface area contributed by atoms with Crippen molar-refractivity contribution in [1.29, 1.82) is 0 Å². The van der Waals surface area contributed by atoms with Gasteiger partial charge in [-0.15, -0.1) is 0 Å². The molecule has 2 aromatic carbocycles.